The quantitative estimate of drug-likeness (QED) is 0.746. The van der Waals surface area contributed by atoms with Crippen molar-refractivity contribution in [3.8, 4) is 0 Å². The van der Waals surface area contributed by atoms with Gasteiger partial charge in [-0.05, 0) is 6.07 Å². The van der Waals surface area contributed by atoms with Crippen molar-refractivity contribution >= 4 is 5.69 Å². The van der Waals surface area contributed by atoms with Crippen molar-refractivity contribution in [3.63, 3.8) is 0 Å². The molecule has 0 fully saturated rings. The number of aromatic nitrogens is 3. The molecule has 0 unspecified atom stereocenters. The number of anilines is 1. The van der Waals surface area contributed by atoms with Crippen molar-refractivity contribution in [2.75, 3.05) is 18.0 Å². The second-order valence-electron chi connectivity index (χ2n) is 4.10. The molecule has 0 bridgehead atoms. The predicted molar refractivity (Wildman–Crippen MR) is 62.3 cm³/mol. The van der Waals surface area contributed by atoms with Gasteiger partial charge in [0.2, 0.25) is 0 Å². The topological polar surface area (TPSA) is 34.0 Å². The van der Waals surface area contributed by atoms with Crippen molar-refractivity contribution in [3.05, 3.63) is 42.5 Å². The normalized spacial score (nSPS) is 15.5. The van der Waals surface area contributed by atoms with Gasteiger partial charge in [-0.15, -0.1) is 0 Å². The molecule has 0 spiro atoms. The Labute approximate surface area is 98.7 Å². The lowest BCUT2D eigenvalue weighted by atomic mass is 10.3. The summed E-state index contributed by atoms with van der Waals surface area (Å²) >= 11 is 0. The van der Waals surface area contributed by atoms with Gasteiger partial charge < -0.3 is 9.47 Å². The first-order chi connectivity index (χ1) is 8.34. The summed E-state index contributed by atoms with van der Waals surface area (Å²) in [5.74, 6) is 0.814. The van der Waals surface area contributed by atoms with Crippen molar-refractivity contribution in [1.82, 2.24) is 14.5 Å². The van der Waals surface area contributed by atoms with Gasteiger partial charge in [-0.25, -0.2) is 9.37 Å². The van der Waals surface area contributed by atoms with Gasteiger partial charge in [-0.1, -0.05) is 0 Å². The van der Waals surface area contributed by atoms with Gasteiger partial charge in [0.15, 0.2) is 5.82 Å². The second kappa shape index (κ2) is 4.16. The lowest BCUT2D eigenvalue weighted by Crippen LogP contribution is -2.27. The van der Waals surface area contributed by atoms with E-state index in [0.717, 1.165) is 31.9 Å². The Morgan fingerprint density at radius 1 is 1.18 bits per heavy atom. The van der Waals surface area contributed by atoms with Gasteiger partial charge in [0.1, 0.15) is 5.82 Å². The SMILES string of the molecule is Fc1cnccc1N1CCc2nccn2CC1. The molecule has 5 heteroatoms. The number of fused-ring (bicyclic) bond motifs is 1. The van der Waals surface area contributed by atoms with Crippen molar-refractivity contribution in [1.29, 1.82) is 0 Å². The Balaban J connectivity index is 1.84. The fraction of sp³-hybridized carbons (Fsp3) is 0.333. The van der Waals surface area contributed by atoms with E-state index < -0.39 is 0 Å². The smallest absolute Gasteiger partial charge is 0.164 e. The number of hydrogen-bond acceptors (Lipinski definition) is 3. The van der Waals surface area contributed by atoms with Crippen LogP contribution in [0.1, 0.15) is 5.82 Å². The van der Waals surface area contributed by atoms with Gasteiger partial charge in [0, 0.05) is 44.6 Å². The maximum atomic E-state index is 13.6. The van der Waals surface area contributed by atoms with Gasteiger partial charge in [0.25, 0.3) is 0 Å². The van der Waals surface area contributed by atoms with Crippen LogP contribution in [0.3, 0.4) is 0 Å². The lowest BCUT2D eigenvalue weighted by molar-refractivity contribution is 0.607. The van der Waals surface area contributed by atoms with Crippen LogP contribution in [-0.2, 0) is 13.0 Å². The maximum absolute atomic E-state index is 13.6. The summed E-state index contributed by atoms with van der Waals surface area (Å²) in [6.45, 7) is 2.43. The number of rotatable bonds is 1. The zero-order chi connectivity index (χ0) is 11.7. The maximum Gasteiger partial charge on any atom is 0.164 e. The highest BCUT2D eigenvalue weighted by Gasteiger charge is 2.16. The molecule has 0 atom stereocenters. The largest absolute Gasteiger partial charge is 0.367 e. The van der Waals surface area contributed by atoms with Gasteiger partial charge in [-0.3, -0.25) is 4.98 Å². The monoisotopic (exact) mass is 232 g/mol. The molecule has 17 heavy (non-hydrogen) atoms. The van der Waals surface area contributed by atoms with Crippen LogP contribution in [0.15, 0.2) is 30.9 Å². The highest BCUT2D eigenvalue weighted by Crippen LogP contribution is 2.19. The third kappa shape index (κ3) is 1.88. The molecule has 0 N–H and O–H groups in total. The summed E-state index contributed by atoms with van der Waals surface area (Å²) in [5.41, 5.74) is 0.630. The van der Waals surface area contributed by atoms with Crippen LogP contribution in [0.4, 0.5) is 10.1 Å². The summed E-state index contributed by atoms with van der Waals surface area (Å²) in [6, 6.07) is 1.73. The molecular formula is C12H13FN4. The molecule has 2 aromatic rings. The molecule has 0 saturated heterocycles. The lowest BCUT2D eigenvalue weighted by Gasteiger charge is -2.22. The minimum atomic E-state index is -0.257. The molecule has 4 nitrogen and oxygen atoms in total. The van der Waals surface area contributed by atoms with Crippen LogP contribution in [0.2, 0.25) is 0 Å². The van der Waals surface area contributed by atoms with E-state index in [4.69, 9.17) is 0 Å². The fourth-order valence-electron chi connectivity index (χ4n) is 2.21. The van der Waals surface area contributed by atoms with Gasteiger partial charge >= 0.3 is 0 Å². The van der Waals surface area contributed by atoms with E-state index in [1.807, 2.05) is 17.3 Å². The molecule has 0 aliphatic carbocycles. The van der Waals surface area contributed by atoms with Crippen molar-refractivity contribution in [2.45, 2.75) is 13.0 Å². The number of nitrogens with zero attached hydrogens (tertiary/aromatic N) is 4. The van der Waals surface area contributed by atoms with Crippen LogP contribution < -0.4 is 4.90 Å². The summed E-state index contributed by atoms with van der Waals surface area (Å²) < 4.78 is 15.8. The molecule has 0 aromatic carbocycles. The Kier molecular flexibility index (Phi) is 2.51. The van der Waals surface area contributed by atoms with Crippen LogP contribution in [0.5, 0.6) is 0 Å². The first-order valence-electron chi connectivity index (χ1n) is 5.69. The summed E-state index contributed by atoms with van der Waals surface area (Å²) in [6.07, 6.45) is 7.52. The Bertz CT molecular complexity index is 500. The molecule has 0 saturated carbocycles. The number of halogens is 1. The standard InChI is InChI=1S/C12H13FN4/c13-10-9-14-3-1-11(10)16-5-2-12-15-4-6-17(12)8-7-16/h1,3-4,6,9H,2,5,7-8H2. The number of pyridine rings is 1. The van der Waals surface area contributed by atoms with E-state index in [-0.39, 0.29) is 5.82 Å². The molecule has 2 aromatic heterocycles. The molecule has 1 aliphatic heterocycles. The number of hydrogen-bond donors (Lipinski definition) is 0. The third-order valence-electron chi connectivity index (χ3n) is 3.11. The van der Waals surface area contributed by atoms with E-state index >= 15 is 0 Å². The summed E-state index contributed by atoms with van der Waals surface area (Å²) in [4.78, 5) is 10.1. The second-order valence-corrected chi connectivity index (χ2v) is 4.10. The zero-order valence-corrected chi connectivity index (χ0v) is 9.38. The molecule has 3 rings (SSSR count). The summed E-state index contributed by atoms with van der Waals surface area (Å²) in [5, 5.41) is 0. The highest BCUT2D eigenvalue weighted by molar-refractivity contribution is 5.46. The third-order valence-corrected chi connectivity index (χ3v) is 3.11. The fourth-order valence-corrected chi connectivity index (χ4v) is 2.21. The predicted octanol–water partition coefficient (Wildman–Crippen LogP) is 1.48. The molecular weight excluding hydrogens is 219 g/mol. The van der Waals surface area contributed by atoms with E-state index in [2.05, 4.69) is 14.5 Å². The van der Waals surface area contributed by atoms with Crippen LogP contribution >= 0.6 is 0 Å². The molecule has 88 valence electrons. The van der Waals surface area contributed by atoms with E-state index in [0.29, 0.717) is 5.69 Å². The molecule has 3 heterocycles. The minimum absolute atomic E-state index is 0.257. The highest BCUT2D eigenvalue weighted by atomic mass is 19.1. The zero-order valence-electron chi connectivity index (χ0n) is 9.38. The Morgan fingerprint density at radius 2 is 2.12 bits per heavy atom. The van der Waals surface area contributed by atoms with E-state index in [9.17, 15) is 4.39 Å². The first kappa shape index (κ1) is 10.3. The molecule has 1 aliphatic rings. The van der Waals surface area contributed by atoms with Crippen molar-refractivity contribution in [2.24, 2.45) is 0 Å². The number of imidazole rings is 1. The van der Waals surface area contributed by atoms with Gasteiger partial charge in [-0.2, -0.15) is 0 Å². The minimum Gasteiger partial charge on any atom is -0.367 e. The van der Waals surface area contributed by atoms with E-state index in [1.54, 1.807) is 12.3 Å². The van der Waals surface area contributed by atoms with E-state index in [1.165, 1.54) is 6.20 Å². The first-order valence-corrected chi connectivity index (χ1v) is 5.69. The average molecular weight is 232 g/mol. The Hall–Kier alpha value is -1.91. The molecule has 0 radical (unpaired) electrons. The molecule has 0 amide bonds. The van der Waals surface area contributed by atoms with Crippen LogP contribution in [-0.4, -0.2) is 27.6 Å². The van der Waals surface area contributed by atoms with Crippen molar-refractivity contribution < 1.29 is 4.39 Å². The Morgan fingerprint density at radius 3 is 3.00 bits per heavy atom. The average Bonchev–Trinajstić information content (AvgIpc) is 2.70. The van der Waals surface area contributed by atoms with Crippen LogP contribution in [0.25, 0.3) is 0 Å². The van der Waals surface area contributed by atoms with Crippen LogP contribution in [0, 0.1) is 5.82 Å². The van der Waals surface area contributed by atoms with Gasteiger partial charge in [0.05, 0.1) is 11.9 Å². The summed E-state index contributed by atoms with van der Waals surface area (Å²) in [7, 11) is 0.